The summed E-state index contributed by atoms with van der Waals surface area (Å²) in [5.74, 6) is -0.239. The molecule has 0 saturated carbocycles. The minimum atomic E-state index is -0.676. The topological polar surface area (TPSA) is 114 Å². The van der Waals surface area contributed by atoms with Gasteiger partial charge in [0.25, 0.3) is 5.91 Å². The van der Waals surface area contributed by atoms with Crippen LogP contribution in [-0.2, 0) is 16.1 Å². The number of primary amides is 1. The van der Waals surface area contributed by atoms with Crippen molar-refractivity contribution in [1.82, 2.24) is 15.3 Å². The van der Waals surface area contributed by atoms with Gasteiger partial charge in [-0.1, -0.05) is 18.2 Å². The summed E-state index contributed by atoms with van der Waals surface area (Å²) in [6.07, 6.45) is 1.80. The number of hydrogen-bond donors (Lipinski definition) is 2. The fourth-order valence-electron chi connectivity index (χ4n) is 2.56. The van der Waals surface area contributed by atoms with Crippen molar-refractivity contribution in [2.45, 2.75) is 25.9 Å². The van der Waals surface area contributed by atoms with E-state index in [-0.39, 0.29) is 24.6 Å². The van der Waals surface area contributed by atoms with Crippen LogP contribution in [0.2, 0.25) is 0 Å². The minimum Gasteiger partial charge on any atom is -0.368 e. The number of nitrogens with zero attached hydrogens (tertiary/aromatic N) is 4. The van der Waals surface area contributed by atoms with E-state index in [2.05, 4.69) is 20.4 Å². The summed E-state index contributed by atoms with van der Waals surface area (Å²) in [4.78, 5) is 32.4. The number of anilines is 1. The van der Waals surface area contributed by atoms with Crippen LogP contribution in [0.1, 0.15) is 17.9 Å². The summed E-state index contributed by atoms with van der Waals surface area (Å²) in [5.41, 5.74) is 7.14. The number of rotatable bonds is 5. The molecule has 1 aromatic heterocycles. The second-order valence-corrected chi connectivity index (χ2v) is 5.63. The molecule has 0 radical (unpaired) electrons. The van der Waals surface area contributed by atoms with E-state index in [9.17, 15) is 9.59 Å². The SMILES string of the molecule is Cc1nccc(CNC(=O)C2=NN(c3ccccc3)[C@H](C(N)=O)C2)n1. The molecule has 25 heavy (non-hydrogen) atoms. The highest BCUT2D eigenvalue weighted by molar-refractivity contribution is 6.40. The lowest BCUT2D eigenvalue weighted by Crippen LogP contribution is -2.39. The fraction of sp³-hybridized carbons (Fsp3) is 0.235. The average Bonchev–Trinajstić information content (AvgIpc) is 3.06. The van der Waals surface area contributed by atoms with Crippen molar-refractivity contribution in [3.05, 3.63) is 54.1 Å². The summed E-state index contributed by atoms with van der Waals surface area (Å²) in [6, 6.07) is 10.2. The Morgan fingerprint density at radius 3 is 2.72 bits per heavy atom. The maximum atomic E-state index is 12.4. The first-order chi connectivity index (χ1) is 12.0. The van der Waals surface area contributed by atoms with Crippen LogP contribution in [0.15, 0.2) is 47.7 Å². The first-order valence-corrected chi connectivity index (χ1v) is 7.82. The number of aromatic nitrogens is 2. The standard InChI is InChI=1S/C17H18N6O2/c1-11-19-8-7-12(21-11)10-20-17(25)14-9-15(16(18)24)23(22-14)13-5-3-2-4-6-13/h2-8,15H,9-10H2,1H3,(H2,18,24)(H,20,25)/t15-/m0/s1. The van der Waals surface area contributed by atoms with E-state index in [4.69, 9.17) is 5.73 Å². The Balaban J connectivity index is 1.73. The number of amides is 2. The Morgan fingerprint density at radius 2 is 2.04 bits per heavy atom. The molecule has 1 aliphatic rings. The Morgan fingerprint density at radius 1 is 1.28 bits per heavy atom. The lowest BCUT2D eigenvalue weighted by atomic mass is 10.1. The lowest BCUT2D eigenvalue weighted by Gasteiger charge is -2.20. The van der Waals surface area contributed by atoms with Crippen molar-refractivity contribution in [2.24, 2.45) is 10.8 Å². The highest BCUT2D eigenvalue weighted by Gasteiger charge is 2.34. The van der Waals surface area contributed by atoms with Crippen LogP contribution in [-0.4, -0.2) is 33.5 Å². The smallest absolute Gasteiger partial charge is 0.267 e. The van der Waals surface area contributed by atoms with Crippen molar-refractivity contribution in [2.75, 3.05) is 5.01 Å². The van der Waals surface area contributed by atoms with Crippen LogP contribution in [0.4, 0.5) is 5.69 Å². The molecule has 2 amide bonds. The first kappa shape index (κ1) is 16.6. The molecule has 3 N–H and O–H groups in total. The molecule has 1 atom stereocenters. The van der Waals surface area contributed by atoms with Crippen molar-refractivity contribution in [3.63, 3.8) is 0 Å². The molecule has 0 bridgehead atoms. The van der Waals surface area contributed by atoms with Crippen molar-refractivity contribution in [3.8, 4) is 0 Å². The van der Waals surface area contributed by atoms with E-state index >= 15 is 0 Å². The molecule has 0 fully saturated rings. The molecule has 0 aliphatic carbocycles. The van der Waals surface area contributed by atoms with Gasteiger partial charge in [0.1, 0.15) is 17.6 Å². The van der Waals surface area contributed by atoms with Crippen LogP contribution in [0.5, 0.6) is 0 Å². The van der Waals surface area contributed by atoms with Crippen molar-refractivity contribution in [1.29, 1.82) is 0 Å². The zero-order valence-electron chi connectivity index (χ0n) is 13.7. The molecular weight excluding hydrogens is 320 g/mol. The molecule has 0 saturated heterocycles. The minimum absolute atomic E-state index is 0.166. The quantitative estimate of drug-likeness (QED) is 0.825. The summed E-state index contributed by atoms with van der Waals surface area (Å²) < 4.78 is 0. The third-order valence-corrected chi connectivity index (χ3v) is 3.79. The van der Waals surface area contributed by atoms with Gasteiger partial charge in [0.15, 0.2) is 0 Å². The van der Waals surface area contributed by atoms with Gasteiger partial charge in [0.05, 0.1) is 17.9 Å². The van der Waals surface area contributed by atoms with E-state index in [0.717, 1.165) is 0 Å². The third kappa shape index (κ3) is 3.79. The summed E-state index contributed by atoms with van der Waals surface area (Å²) >= 11 is 0. The molecule has 2 aromatic rings. The van der Waals surface area contributed by atoms with Gasteiger partial charge in [0, 0.05) is 12.6 Å². The zero-order chi connectivity index (χ0) is 17.8. The molecule has 0 spiro atoms. The summed E-state index contributed by atoms with van der Waals surface area (Å²) in [7, 11) is 0. The number of para-hydroxylation sites is 1. The molecule has 0 unspecified atom stereocenters. The van der Waals surface area contributed by atoms with E-state index in [0.29, 0.717) is 17.2 Å². The largest absolute Gasteiger partial charge is 0.368 e. The summed E-state index contributed by atoms with van der Waals surface area (Å²) in [6.45, 7) is 2.04. The Bertz CT molecular complexity index is 821. The van der Waals surface area contributed by atoms with Gasteiger partial charge in [-0.25, -0.2) is 9.97 Å². The molecule has 1 aromatic carbocycles. The van der Waals surface area contributed by atoms with Crippen LogP contribution >= 0.6 is 0 Å². The van der Waals surface area contributed by atoms with Crippen LogP contribution < -0.4 is 16.1 Å². The van der Waals surface area contributed by atoms with E-state index in [1.165, 1.54) is 5.01 Å². The highest BCUT2D eigenvalue weighted by Crippen LogP contribution is 2.24. The van der Waals surface area contributed by atoms with Crippen LogP contribution in [0, 0.1) is 6.92 Å². The molecule has 2 heterocycles. The second-order valence-electron chi connectivity index (χ2n) is 5.63. The second kappa shape index (κ2) is 7.08. The maximum absolute atomic E-state index is 12.4. The molecular formula is C17H18N6O2. The normalized spacial score (nSPS) is 16.4. The van der Waals surface area contributed by atoms with Gasteiger partial charge in [-0.05, 0) is 25.1 Å². The van der Waals surface area contributed by atoms with Crippen molar-refractivity contribution < 1.29 is 9.59 Å². The van der Waals surface area contributed by atoms with E-state index in [1.54, 1.807) is 19.2 Å². The number of aryl methyl sites for hydroxylation is 1. The molecule has 128 valence electrons. The third-order valence-electron chi connectivity index (χ3n) is 3.79. The number of hydrogen-bond acceptors (Lipinski definition) is 6. The molecule has 8 nitrogen and oxygen atoms in total. The Hall–Kier alpha value is -3.29. The van der Waals surface area contributed by atoms with Gasteiger partial charge in [-0.15, -0.1) is 0 Å². The number of nitrogens with one attached hydrogen (secondary N) is 1. The molecule has 8 heteroatoms. The van der Waals surface area contributed by atoms with Crippen molar-refractivity contribution >= 4 is 23.2 Å². The Labute approximate surface area is 144 Å². The van der Waals surface area contributed by atoms with Crippen LogP contribution in [0.3, 0.4) is 0 Å². The summed E-state index contributed by atoms with van der Waals surface area (Å²) in [5, 5.41) is 8.55. The van der Waals surface area contributed by atoms with Gasteiger partial charge in [-0.2, -0.15) is 5.10 Å². The van der Waals surface area contributed by atoms with Gasteiger partial charge < -0.3 is 11.1 Å². The Kier molecular flexibility index (Phi) is 4.69. The first-order valence-electron chi connectivity index (χ1n) is 7.82. The zero-order valence-corrected chi connectivity index (χ0v) is 13.7. The number of benzene rings is 1. The maximum Gasteiger partial charge on any atom is 0.267 e. The van der Waals surface area contributed by atoms with Gasteiger partial charge in [0.2, 0.25) is 5.91 Å². The predicted octanol–water partition coefficient (Wildman–Crippen LogP) is 0.521. The average molecular weight is 338 g/mol. The van der Waals surface area contributed by atoms with Gasteiger partial charge in [-0.3, -0.25) is 14.6 Å². The van der Waals surface area contributed by atoms with E-state index in [1.807, 2.05) is 30.3 Å². The van der Waals surface area contributed by atoms with Gasteiger partial charge >= 0.3 is 0 Å². The number of carbonyl (C=O) groups excluding carboxylic acids is 2. The lowest BCUT2D eigenvalue weighted by molar-refractivity contribution is -0.119. The predicted molar refractivity (Wildman–Crippen MR) is 92.6 cm³/mol. The monoisotopic (exact) mass is 338 g/mol. The molecule has 3 rings (SSSR count). The number of carbonyl (C=O) groups is 2. The van der Waals surface area contributed by atoms with Crippen LogP contribution in [0.25, 0.3) is 0 Å². The fourth-order valence-corrected chi connectivity index (χ4v) is 2.56. The highest BCUT2D eigenvalue weighted by atomic mass is 16.2. The molecule has 1 aliphatic heterocycles. The number of nitrogens with two attached hydrogens (primary N) is 1. The number of hydrazone groups is 1. The van der Waals surface area contributed by atoms with E-state index < -0.39 is 11.9 Å².